The molecule has 0 bridgehead atoms. The zero-order valence-electron chi connectivity index (χ0n) is 13.4. The van der Waals surface area contributed by atoms with Gasteiger partial charge < -0.3 is 15.7 Å². The second-order valence-corrected chi connectivity index (χ2v) is 6.42. The highest BCUT2D eigenvalue weighted by Crippen LogP contribution is 2.26. The molecule has 2 aromatic rings. The van der Waals surface area contributed by atoms with Crippen LogP contribution in [0.15, 0.2) is 47.8 Å². The number of carbonyl (C=O) groups excluding carboxylic acids is 2. The van der Waals surface area contributed by atoms with Crippen molar-refractivity contribution in [2.75, 3.05) is 13.2 Å². The monoisotopic (exact) mass is 346 g/mol. The SMILES string of the molecule is O=C(NCCC(CCO)c1cccs1)C(=O)NCc1ccccc1. The topological polar surface area (TPSA) is 78.4 Å². The van der Waals surface area contributed by atoms with E-state index in [2.05, 4.69) is 10.6 Å². The van der Waals surface area contributed by atoms with E-state index >= 15 is 0 Å². The summed E-state index contributed by atoms with van der Waals surface area (Å²) < 4.78 is 0. The smallest absolute Gasteiger partial charge is 0.309 e. The number of carbonyl (C=O) groups is 2. The van der Waals surface area contributed by atoms with Gasteiger partial charge in [0.2, 0.25) is 0 Å². The quantitative estimate of drug-likeness (QED) is 0.640. The Kier molecular flexibility index (Phi) is 7.45. The summed E-state index contributed by atoms with van der Waals surface area (Å²) in [6.07, 6.45) is 1.34. The van der Waals surface area contributed by atoms with Gasteiger partial charge in [0.1, 0.15) is 0 Å². The van der Waals surface area contributed by atoms with Crippen LogP contribution in [0, 0.1) is 0 Å². The molecule has 128 valence electrons. The van der Waals surface area contributed by atoms with Crippen LogP contribution in [0.25, 0.3) is 0 Å². The summed E-state index contributed by atoms with van der Waals surface area (Å²) in [6.45, 7) is 0.837. The van der Waals surface area contributed by atoms with Crippen molar-refractivity contribution in [1.29, 1.82) is 0 Å². The fraction of sp³-hybridized carbons (Fsp3) is 0.333. The summed E-state index contributed by atoms with van der Waals surface area (Å²) >= 11 is 1.64. The van der Waals surface area contributed by atoms with Gasteiger partial charge >= 0.3 is 11.8 Å². The van der Waals surface area contributed by atoms with Crippen LogP contribution in [-0.2, 0) is 16.1 Å². The fourth-order valence-electron chi connectivity index (χ4n) is 2.41. The minimum Gasteiger partial charge on any atom is -0.396 e. The van der Waals surface area contributed by atoms with E-state index in [1.807, 2.05) is 47.8 Å². The summed E-state index contributed by atoms with van der Waals surface area (Å²) in [5, 5.41) is 16.4. The molecule has 1 unspecified atom stereocenters. The van der Waals surface area contributed by atoms with Gasteiger partial charge in [-0.05, 0) is 35.8 Å². The van der Waals surface area contributed by atoms with E-state index in [0.29, 0.717) is 25.9 Å². The van der Waals surface area contributed by atoms with Crippen LogP contribution in [-0.4, -0.2) is 30.1 Å². The van der Waals surface area contributed by atoms with Crippen molar-refractivity contribution < 1.29 is 14.7 Å². The maximum Gasteiger partial charge on any atom is 0.309 e. The van der Waals surface area contributed by atoms with Crippen LogP contribution < -0.4 is 10.6 Å². The number of nitrogens with one attached hydrogen (secondary N) is 2. The van der Waals surface area contributed by atoms with Crippen LogP contribution in [0.2, 0.25) is 0 Å². The molecule has 1 aromatic carbocycles. The molecule has 1 heterocycles. The van der Waals surface area contributed by atoms with Crippen molar-refractivity contribution in [1.82, 2.24) is 10.6 Å². The highest BCUT2D eigenvalue weighted by Gasteiger charge is 2.15. The van der Waals surface area contributed by atoms with Gasteiger partial charge in [0.25, 0.3) is 0 Å². The number of rotatable bonds is 8. The molecule has 0 aliphatic rings. The largest absolute Gasteiger partial charge is 0.396 e. The summed E-state index contributed by atoms with van der Waals surface area (Å²) in [6, 6.07) is 13.4. The van der Waals surface area contributed by atoms with E-state index in [-0.39, 0.29) is 12.5 Å². The Morgan fingerprint density at radius 2 is 1.75 bits per heavy atom. The molecule has 0 spiro atoms. The molecule has 1 atom stereocenters. The van der Waals surface area contributed by atoms with Gasteiger partial charge in [0.05, 0.1) is 0 Å². The fourth-order valence-corrected chi connectivity index (χ4v) is 3.31. The minimum atomic E-state index is -0.631. The van der Waals surface area contributed by atoms with Gasteiger partial charge in [0.15, 0.2) is 0 Å². The highest BCUT2D eigenvalue weighted by molar-refractivity contribution is 7.10. The average Bonchev–Trinajstić information content (AvgIpc) is 3.14. The molecule has 0 aliphatic heterocycles. The number of thiophene rings is 1. The van der Waals surface area contributed by atoms with Gasteiger partial charge in [0, 0.05) is 24.6 Å². The van der Waals surface area contributed by atoms with Crippen LogP contribution >= 0.6 is 11.3 Å². The van der Waals surface area contributed by atoms with E-state index < -0.39 is 11.8 Å². The molecule has 2 amide bonds. The summed E-state index contributed by atoms with van der Waals surface area (Å²) in [4.78, 5) is 24.8. The third-order valence-corrected chi connectivity index (χ3v) is 4.74. The molecule has 0 fully saturated rings. The Balaban J connectivity index is 1.72. The van der Waals surface area contributed by atoms with E-state index in [0.717, 1.165) is 5.56 Å². The number of amides is 2. The van der Waals surface area contributed by atoms with Crippen molar-refractivity contribution in [3.05, 3.63) is 58.3 Å². The predicted octanol–water partition coefficient (Wildman–Crippen LogP) is 2.04. The summed E-state index contributed by atoms with van der Waals surface area (Å²) in [5.74, 6) is -1.06. The van der Waals surface area contributed by atoms with Gasteiger partial charge in [-0.1, -0.05) is 36.4 Å². The molecule has 0 radical (unpaired) electrons. The van der Waals surface area contributed by atoms with E-state index in [9.17, 15) is 9.59 Å². The van der Waals surface area contributed by atoms with Crippen LogP contribution in [0.5, 0.6) is 0 Å². The summed E-state index contributed by atoms with van der Waals surface area (Å²) in [5.41, 5.74) is 0.944. The molecule has 2 rings (SSSR count). The van der Waals surface area contributed by atoms with Crippen molar-refractivity contribution in [3.8, 4) is 0 Å². The van der Waals surface area contributed by atoms with E-state index in [4.69, 9.17) is 5.11 Å². The molecule has 0 aliphatic carbocycles. The lowest BCUT2D eigenvalue weighted by molar-refractivity contribution is -0.139. The van der Waals surface area contributed by atoms with E-state index in [1.54, 1.807) is 11.3 Å². The third kappa shape index (κ3) is 5.79. The standard InChI is InChI=1S/C18H22N2O3S/c21-11-9-15(16-7-4-12-24-16)8-10-19-17(22)18(23)20-13-14-5-2-1-3-6-14/h1-7,12,15,21H,8-11,13H2,(H,19,22)(H,20,23). The second-order valence-electron chi connectivity index (χ2n) is 5.44. The molecule has 5 nitrogen and oxygen atoms in total. The lowest BCUT2D eigenvalue weighted by Gasteiger charge is -2.14. The van der Waals surface area contributed by atoms with Crippen molar-refractivity contribution in [2.24, 2.45) is 0 Å². The van der Waals surface area contributed by atoms with Gasteiger partial charge in [-0.25, -0.2) is 0 Å². The van der Waals surface area contributed by atoms with Crippen molar-refractivity contribution in [3.63, 3.8) is 0 Å². The zero-order valence-corrected chi connectivity index (χ0v) is 14.2. The lowest BCUT2D eigenvalue weighted by atomic mass is 10.00. The van der Waals surface area contributed by atoms with Crippen molar-refractivity contribution in [2.45, 2.75) is 25.3 Å². The molecule has 1 aromatic heterocycles. The molecule has 3 N–H and O–H groups in total. The van der Waals surface area contributed by atoms with Crippen LogP contribution in [0.3, 0.4) is 0 Å². The molecule has 0 saturated carbocycles. The molecule has 0 saturated heterocycles. The number of hydrogen-bond donors (Lipinski definition) is 3. The highest BCUT2D eigenvalue weighted by atomic mass is 32.1. The Hall–Kier alpha value is -2.18. The Morgan fingerprint density at radius 3 is 2.42 bits per heavy atom. The minimum absolute atomic E-state index is 0.105. The van der Waals surface area contributed by atoms with E-state index in [1.165, 1.54) is 4.88 Å². The molecular formula is C18H22N2O3S. The predicted molar refractivity (Wildman–Crippen MR) is 94.7 cm³/mol. The van der Waals surface area contributed by atoms with Gasteiger partial charge in [-0.15, -0.1) is 11.3 Å². The first-order valence-corrected chi connectivity index (χ1v) is 8.83. The number of aliphatic hydroxyl groups is 1. The lowest BCUT2D eigenvalue weighted by Crippen LogP contribution is -2.40. The van der Waals surface area contributed by atoms with Gasteiger partial charge in [-0.2, -0.15) is 0 Å². The molecule has 24 heavy (non-hydrogen) atoms. The van der Waals surface area contributed by atoms with Crippen LogP contribution in [0.4, 0.5) is 0 Å². The van der Waals surface area contributed by atoms with Gasteiger partial charge in [-0.3, -0.25) is 9.59 Å². The number of aliphatic hydroxyl groups excluding tert-OH is 1. The summed E-state index contributed by atoms with van der Waals surface area (Å²) in [7, 11) is 0. The third-order valence-electron chi connectivity index (χ3n) is 3.70. The first kappa shape index (κ1) is 18.2. The normalized spacial score (nSPS) is 11.7. The maximum atomic E-state index is 11.8. The first-order valence-electron chi connectivity index (χ1n) is 7.95. The zero-order chi connectivity index (χ0) is 17.2. The number of benzene rings is 1. The van der Waals surface area contributed by atoms with Crippen molar-refractivity contribution >= 4 is 23.2 Å². The Labute approximate surface area is 145 Å². The maximum absolute atomic E-state index is 11.8. The van der Waals surface area contributed by atoms with Crippen LogP contribution in [0.1, 0.15) is 29.2 Å². The molecule has 6 heteroatoms. The Morgan fingerprint density at radius 1 is 1.00 bits per heavy atom. The molecular weight excluding hydrogens is 324 g/mol. The second kappa shape index (κ2) is 9.85. The number of hydrogen-bond acceptors (Lipinski definition) is 4. The average molecular weight is 346 g/mol. The first-order chi connectivity index (χ1) is 11.7. The Bertz CT molecular complexity index is 629.